The molecular weight excluding hydrogens is 360 g/mol. The van der Waals surface area contributed by atoms with Gasteiger partial charge in [0.2, 0.25) is 0 Å². The Balaban J connectivity index is 1.46. The van der Waals surface area contributed by atoms with Crippen molar-refractivity contribution in [3.63, 3.8) is 0 Å². The molecule has 4 rings (SSSR count). The van der Waals surface area contributed by atoms with Crippen LogP contribution in [0.25, 0.3) is 10.9 Å². The van der Waals surface area contributed by atoms with Gasteiger partial charge >= 0.3 is 0 Å². The zero-order valence-electron chi connectivity index (χ0n) is 15.5. The second-order valence-electron chi connectivity index (χ2n) is 6.42. The lowest BCUT2D eigenvalue weighted by Gasteiger charge is -2.17. The van der Waals surface area contributed by atoms with Gasteiger partial charge in [-0.25, -0.2) is 0 Å². The van der Waals surface area contributed by atoms with Gasteiger partial charge < -0.3 is 19.4 Å². The number of thioether (sulfide) groups is 1. The van der Waals surface area contributed by atoms with E-state index < -0.39 is 0 Å². The fraction of sp³-hybridized carbons (Fsp3) is 0.286. The summed E-state index contributed by atoms with van der Waals surface area (Å²) in [7, 11) is 3.24. The van der Waals surface area contributed by atoms with E-state index in [-0.39, 0.29) is 5.91 Å². The highest BCUT2D eigenvalue weighted by molar-refractivity contribution is 7.99. The Hall–Kier alpha value is -2.60. The number of para-hydroxylation sites is 1. The molecule has 6 heteroatoms. The van der Waals surface area contributed by atoms with Gasteiger partial charge in [-0.15, -0.1) is 11.8 Å². The monoisotopic (exact) mass is 382 g/mol. The first kappa shape index (κ1) is 17.8. The normalized spacial score (nSPS) is 12.8. The van der Waals surface area contributed by atoms with Crippen LogP contribution in [0.1, 0.15) is 16.1 Å². The van der Waals surface area contributed by atoms with E-state index in [9.17, 15) is 4.79 Å². The molecule has 2 aromatic carbocycles. The highest BCUT2D eigenvalue weighted by Gasteiger charge is 2.20. The number of amides is 1. The van der Waals surface area contributed by atoms with Crippen LogP contribution in [0, 0.1) is 0 Å². The van der Waals surface area contributed by atoms with E-state index in [0.29, 0.717) is 18.0 Å². The first-order chi connectivity index (χ1) is 13.2. The number of carbonyl (C=O) groups is 1. The summed E-state index contributed by atoms with van der Waals surface area (Å²) in [4.78, 5) is 14.0. The summed E-state index contributed by atoms with van der Waals surface area (Å²) in [6.45, 7) is 1.43. The lowest BCUT2D eigenvalue weighted by Crippen LogP contribution is -2.28. The topological polar surface area (TPSA) is 52.5 Å². The Labute approximate surface area is 162 Å². The number of rotatable bonds is 6. The second kappa shape index (κ2) is 7.56. The van der Waals surface area contributed by atoms with Crippen LogP contribution in [-0.4, -0.2) is 37.0 Å². The Morgan fingerprint density at radius 2 is 2.00 bits per heavy atom. The number of aromatic nitrogens is 1. The molecule has 140 valence electrons. The maximum absolute atomic E-state index is 12.8. The van der Waals surface area contributed by atoms with Gasteiger partial charge in [0.05, 0.1) is 19.7 Å². The van der Waals surface area contributed by atoms with Gasteiger partial charge in [0.15, 0.2) is 11.5 Å². The van der Waals surface area contributed by atoms with Crippen LogP contribution in [0.15, 0.2) is 47.4 Å². The number of nitrogens with zero attached hydrogens (tertiary/aromatic N) is 1. The summed E-state index contributed by atoms with van der Waals surface area (Å²) in [6.07, 6.45) is 0.730. The number of ether oxygens (including phenoxy) is 2. The van der Waals surface area contributed by atoms with Crippen LogP contribution in [0.5, 0.6) is 11.5 Å². The van der Waals surface area contributed by atoms with E-state index in [4.69, 9.17) is 9.47 Å². The largest absolute Gasteiger partial charge is 0.493 e. The molecule has 0 spiro atoms. The average Bonchev–Trinajstić information content (AvgIpc) is 3.09. The van der Waals surface area contributed by atoms with Gasteiger partial charge in [0.25, 0.3) is 5.91 Å². The molecule has 0 fully saturated rings. The van der Waals surface area contributed by atoms with E-state index in [2.05, 4.69) is 28.1 Å². The van der Waals surface area contributed by atoms with E-state index in [1.54, 1.807) is 14.2 Å². The van der Waals surface area contributed by atoms with Crippen molar-refractivity contribution in [1.29, 1.82) is 0 Å². The highest BCUT2D eigenvalue weighted by Crippen LogP contribution is 2.34. The van der Waals surface area contributed by atoms with Crippen molar-refractivity contribution in [2.24, 2.45) is 0 Å². The van der Waals surface area contributed by atoms with Crippen LogP contribution in [0.3, 0.4) is 0 Å². The van der Waals surface area contributed by atoms with Crippen LogP contribution >= 0.6 is 11.8 Å². The smallest absolute Gasteiger partial charge is 0.267 e. The molecule has 0 atom stereocenters. The molecule has 1 amide bonds. The zero-order chi connectivity index (χ0) is 18.8. The summed E-state index contributed by atoms with van der Waals surface area (Å²) in [5.74, 6) is 2.38. The van der Waals surface area contributed by atoms with Gasteiger partial charge in [-0.1, -0.05) is 18.2 Å². The molecule has 0 unspecified atom stereocenters. The summed E-state index contributed by atoms with van der Waals surface area (Å²) in [5.41, 5.74) is 3.01. The summed E-state index contributed by atoms with van der Waals surface area (Å²) in [6, 6.07) is 14.1. The van der Waals surface area contributed by atoms with Crippen molar-refractivity contribution in [2.45, 2.75) is 17.9 Å². The SMILES string of the molecule is COc1ccc(CCNC(=O)c2cc3cccc4c3n2CCS4)cc1OC. The van der Waals surface area contributed by atoms with Crippen LogP contribution < -0.4 is 14.8 Å². The standard InChI is InChI=1S/C21H22N2O3S/c1-25-17-7-6-14(12-18(17)26-2)8-9-22-21(24)16-13-15-4-3-5-19-20(15)23(16)10-11-27-19/h3-7,12-13H,8-11H2,1-2H3,(H,22,24). The van der Waals surface area contributed by atoms with Crippen molar-refractivity contribution in [3.8, 4) is 11.5 Å². The highest BCUT2D eigenvalue weighted by atomic mass is 32.2. The fourth-order valence-electron chi connectivity index (χ4n) is 3.52. The average molecular weight is 382 g/mol. The number of carbonyl (C=O) groups excluding carboxylic acids is 1. The molecule has 0 saturated heterocycles. The van der Waals surface area contributed by atoms with Crippen LogP contribution in [-0.2, 0) is 13.0 Å². The molecule has 0 radical (unpaired) electrons. The number of hydrogen-bond acceptors (Lipinski definition) is 4. The van der Waals surface area contributed by atoms with Gasteiger partial charge in [-0.2, -0.15) is 0 Å². The zero-order valence-corrected chi connectivity index (χ0v) is 16.3. The second-order valence-corrected chi connectivity index (χ2v) is 7.56. The molecule has 1 aromatic heterocycles. The minimum Gasteiger partial charge on any atom is -0.493 e. The number of hydrogen-bond donors (Lipinski definition) is 1. The molecule has 1 aliphatic heterocycles. The minimum absolute atomic E-state index is 0.0236. The Morgan fingerprint density at radius 3 is 2.81 bits per heavy atom. The van der Waals surface area contributed by atoms with Crippen molar-refractivity contribution in [1.82, 2.24) is 9.88 Å². The predicted molar refractivity (Wildman–Crippen MR) is 108 cm³/mol. The van der Waals surface area contributed by atoms with E-state index in [1.807, 2.05) is 36.0 Å². The van der Waals surface area contributed by atoms with Gasteiger partial charge in [0, 0.05) is 29.1 Å². The Morgan fingerprint density at radius 1 is 1.15 bits per heavy atom. The molecular formula is C21H22N2O3S. The quantitative estimate of drug-likeness (QED) is 0.706. The van der Waals surface area contributed by atoms with E-state index in [1.165, 1.54) is 10.4 Å². The lowest BCUT2D eigenvalue weighted by molar-refractivity contribution is 0.0945. The molecule has 2 heterocycles. The number of nitrogens with one attached hydrogen (secondary N) is 1. The summed E-state index contributed by atoms with van der Waals surface area (Å²) in [5, 5.41) is 4.18. The summed E-state index contributed by atoms with van der Waals surface area (Å²) >= 11 is 1.85. The first-order valence-electron chi connectivity index (χ1n) is 8.95. The van der Waals surface area contributed by atoms with Crippen molar-refractivity contribution < 1.29 is 14.3 Å². The lowest BCUT2D eigenvalue weighted by atomic mass is 10.1. The molecule has 1 N–H and O–H groups in total. The van der Waals surface area contributed by atoms with Crippen molar-refractivity contribution in [3.05, 3.63) is 53.7 Å². The van der Waals surface area contributed by atoms with E-state index in [0.717, 1.165) is 35.4 Å². The van der Waals surface area contributed by atoms with Gasteiger partial charge in [-0.3, -0.25) is 4.79 Å². The number of aryl methyl sites for hydroxylation is 1. The Kier molecular flexibility index (Phi) is 4.99. The minimum atomic E-state index is -0.0236. The van der Waals surface area contributed by atoms with E-state index >= 15 is 0 Å². The van der Waals surface area contributed by atoms with Crippen molar-refractivity contribution in [2.75, 3.05) is 26.5 Å². The van der Waals surface area contributed by atoms with Crippen LogP contribution in [0.2, 0.25) is 0 Å². The fourth-order valence-corrected chi connectivity index (χ4v) is 4.55. The van der Waals surface area contributed by atoms with Crippen LogP contribution in [0.4, 0.5) is 0 Å². The number of methoxy groups -OCH3 is 2. The maximum atomic E-state index is 12.8. The first-order valence-corrected chi connectivity index (χ1v) is 9.94. The molecule has 0 aliphatic carbocycles. The summed E-state index contributed by atoms with van der Waals surface area (Å²) < 4.78 is 12.7. The van der Waals surface area contributed by atoms with Gasteiger partial charge in [-0.05, 0) is 36.2 Å². The number of benzene rings is 2. The molecule has 5 nitrogen and oxygen atoms in total. The van der Waals surface area contributed by atoms with Gasteiger partial charge in [0.1, 0.15) is 5.69 Å². The third-order valence-electron chi connectivity index (χ3n) is 4.84. The maximum Gasteiger partial charge on any atom is 0.267 e. The molecule has 0 bridgehead atoms. The molecule has 27 heavy (non-hydrogen) atoms. The third kappa shape index (κ3) is 3.37. The third-order valence-corrected chi connectivity index (χ3v) is 5.86. The molecule has 1 aliphatic rings. The predicted octanol–water partition coefficient (Wildman–Crippen LogP) is 3.74. The molecule has 3 aromatic rings. The molecule has 0 saturated carbocycles. The van der Waals surface area contributed by atoms with Crippen molar-refractivity contribution >= 4 is 28.6 Å². The Bertz CT molecular complexity index is 997.